The van der Waals surface area contributed by atoms with Gasteiger partial charge in [0.25, 0.3) is 5.91 Å². The van der Waals surface area contributed by atoms with Crippen LogP contribution in [0.5, 0.6) is 5.75 Å². The lowest BCUT2D eigenvalue weighted by atomic mass is 10.2. The van der Waals surface area contributed by atoms with E-state index in [0.717, 1.165) is 4.31 Å². The molecule has 0 radical (unpaired) electrons. The molecule has 0 fully saturated rings. The van der Waals surface area contributed by atoms with Crippen molar-refractivity contribution in [3.05, 3.63) is 48.0 Å². The van der Waals surface area contributed by atoms with E-state index < -0.39 is 28.5 Å². The van der Waals surface area contributed by atoms with Crippen molar-refractivity contribution in [1.29, 1.82) is 0 Å². The van der Waals surface area contributed by atoms with Crippen molar-refractivity contribution in [3.63, 3.8) is 0 Å². The zero-order valence-corrected chi connectivity index (χ0v) is 17.4. The SMILES string of the molecule is CN(C)c1ccc(S(=O)(=O)N(C)C)cc1NC(=O)COC(=O)c1cccc(O)c1. The number of rotatable bonds is 7. The standard InChI is InChI=1S/C19H23N3O6S/c1-21(2)17-9-8-15(29(26,27)22(3)4)11-16(17)20-18(24)12-28-19(25)13-6-5-7-14(23)10-13/h5-11,23H,12H2,1-4H3,(H,20,24). The van der Waals surface area contributed by atoms with Crippen LogP contribution >= 0.6 is 0 Å². The third-order valence-corrected chi connectivity index (χ3v) is 5.73. The molecule has 2 rings (SSSR count). The Kier molecular flexibility index (Phi) is 6.83. The number of esters is 1. The van der Waals surface area contributed by atoms with E-state index in [4.69, 9.17) is 4.74 Å². The van der Waals surface area contributed by atoms with Crippen LogP contribution in [0.3, 0.4) is 0 Å². The molecule has 0 atom stereocenters. The Labute approximate surface area is 169 Å². The Morgan fingerprint density at radius 1 is 1.07 bits per heavy atom. The third kappa shape index (κ3) is 5.46. The second kappa shape index (κ2) is 8.93. The summed E-state index contributed by atoms with van der Waals surface area (Å²) in [5.41, 5.74) is 0.942. The molecular formula is C19H23N3O6S. The van der Waals surface area contributed by atoms with Crippen molar-refractivity contribution in [1.82, 2.24) is 4.31 Å². The number of benzene rings is 2. The van der Waals surface area contributed by atoms with Crippen molar-refractivity contribution in [2.75, 3.05) is 45.0 Å². The summed E-state index contributed by atoms with van der Waals surface area (Å²) in [6.07, 6.45) is 0. The molecular weight excluding hydrogens is 398 g/mol. The van der Waals surface area contributed by atoms with Crippen LogP contribution in [0.25, 0.3) is 0 Å². The van der Waals surface area contributed by atoms with Gasteiger partial charge >= 0.3 is 5.97 Å². The summed E-state index contributed by atoms with van der Waals surface area (Å²) in [6.45, 7) is -0.577. The van der Waals surface area contributed by atoms with Crippen LogP contribution in [-0.2, 0) is 19.6 Å². The number of aromatic hydroxyl groups is 1. The largest absolute Gasteiger partial charge is 0.508 e. The van der Waals surface area contributed by atoms with Gasteiger partial charge in [-0.25, -0.2) is 17.5 Å². The highest BCUT2D eigenvalue weighted by Crippen LogP contribution is 2.28. The van der Waals surface area contributed by atoms with Crippen molar-refractivity contribution in [3.8, 4) is 5.75 Å². The molecule has 0 aliphatic heterocycles. The van der Waals surface area contributed by atoms with E-state index in [0.29, 0.717) is 5.69 Å². The van der Waals surface area contributed by atoms with Gasteiger partial charge in [-0.3, -0.25) is 4.79 Å². The van der Waals surface area contributed by atoms with E-state index in [1.165, 1.54) is 50.5 Å². The first-order chi connectivity index (χ1) is 13.5. The number of nitrogens with one attached hydrogen (secondary N) is 1. The molecule has 0 heterocycles. The summed E-state index contributed by atoms with van der Waals surface area (Å²) >= 11 is 0. The number of sulfonamides is 1. The minimum absolute atomic E-state index is 0.0140. The molecule has 0 aliphatic carbocycles. The number of hydrogen-bond donors (Lipinski definition) is 2. The van der Waals surface area contributed by atoms with Crippen LogP contribution in [0.15, 0.2) is 47.4 Å². The topological polar surface area (TPSA) is 116 Å². The van der Waals surface area contributed by atoms with E-state index in [1.807, 2.05) is 0 Å². The zero-order chi connectivity index (χ0) is 21.8. The minimum atomic E-state index is -3.69. The molecule has 0 saturated carbocycles. The lowest BCUT2D eigenvalue weighted by molar-refractivity contribution is -0.119. The first-order valence-electron chi connectivity index (χ1n) is 8.52. The molecule has 10 heteroatoms. The number of hydrogen-bond acceptors (Lipinski definition) is 7. The van der Waals surface area contributed by atoms with Gasteiger partial charge in [0.1, 0.15) is 5.75 Å². The van der Waals surface area contributed by atoms with Gasteiger partial charge < -0.3 is 20.1 Å². The molecule has 1 amide bonds. The monoisotopic (exact) mass is 421 g/mol. The molecule has 156 valence electrons. The number of nitrogens with zero attached hydrogens (tertiary/aromatic N) is 2. The maximum atomic E-state index is 12.4. The predicted octanol–water partition coefficient (Wildman–Crippen LogP) is 1.50. The number of ether oxygens (including phenoxy) is 1. The van der Waals surface area contributed by atoms with Gasteiger partial charge in [0, 0.05) is 28.2 Å². The van der Waals surface area contributed by atoms with Crippen molar-refractivity contribution in [2.45, 2.75) is 4.90 Å². The fraction of sp³-hybridized carbons (Fsp3) is 0.263. The molecule has 2 aromatic carbocycles. The van der Waals surface area contributed by atoms with E-state index in [2.05, 4.69) is 5.32 Å². The Morgan fingerprint density at radius 3 is 2.34 bits per heavy atom. The minimum Gasteiger partial charge on any atom is -0.508 e. The van der Waals surface area contributed by atoms with Crippen LogP contribution in [0.1, 0.15) is 10.4 Å². The third-order valence-electron chi connectivity index (χ3n) is 3.92. The molecule has 2 N–H and O–H groups in total. The van der Waals surface area contributed by atoms with Crippen LogP contribution in [-0.4, -0.2) is 64.5 Å². The highest BCUT2D eigenvalue weighted by molar-refractivity contribution is 7.89. The predicted molar refractivity (Wildman–Crippen MR) is 109 cm³/mol. The number of carbonyl (C=O) groups is 2. The summed E-state index contributed by atoms with van der Waals surface area (Å²) in [5, 5.41) is 12.0. The Bertz CT molecular complexity index is 1020. The lowest BCUT2D eigenvalue weighted by Gasteiger charge is -2.20. The average molecular weight is 421 g/mol. The van der Waals surface area contributed by atoms with Crippen molar-refractivity contribution >= 4 is 33.3 Å². The first kappa shape index (κ1) is 22.2. The van der Waals surface area contributed by atoms with Crippen LogP contribution < -0.4 is 10.2 Å². The molecule has 29 heavy (non-hydrogen) atoms. The van der Waals surface area contributed by atoms with E-state index in [9.17, 15) is 23.1 Å². The van der Waals surface area contributed by atoms with Gasteiger partial charge in [-0.15, -0.1) is 0 Å². The molecule has 0 spiro atoms. The van der Waals surface area contributed by atoms with Gasteiger partial charge in [0.2, 0.25) is 10.0 Å². The zero-order valence-electron chi connectivity index (χ0n) is 16.5. The molecule has 0 saturated heterocycles. The normalized spacial score (nSPS) is 11.2. The average Bonchev–Trinajstić information content (AvgIpc) is 2.65. The summed E-state index contributed by atoms with van der Waals surface area (Å²) in [7, 11) is 2.62. The second-order valence-corrected chi connectivity index (χ2v) is 8.69. The smallest absolute Gasteiger partial charge is 0.338 e. The second-order valence-electron chi connectivity index (χ2n) is 6.54. The van der Waals surface area contributed by atoms with Crippen molar-refractivity contribution in [2.24, 2.45) is 0 Å². The summed E-state index contributed by atoms with van der Waals surface area (Å²) in [6, 6.07) is 9.92. The van der Waals surface area contributed by atoms with Gasteiger partial charge in [-0.05, 0) is 36.4 Å². The number of anilines is 2. The summed E-state index contributed by atoms with van der Waals surface area (Å²) < 4.78 is 30.7. The van der Waals surface area contributed by atoms with Gasteiger partial charge in [-0.1, -0.05) is 6.07 Å². The Morgan fingerprint density at radius 2 is 1.76 bits per heavy atom. The molecule has 0 aliphatic rings. The molecule has 0 aromatic heterocycles. The fourth-order valence-corrected chi connectivity index (χ4v) is 3.34. The van der Waals surface area contributed by atoms with Crippen molar-refractivity contribution < 1.29 is 27.9 Å². The Balaban J connectivity index is 2.16. The summed E-state index contributed by atoms with van der Waals surface area (Å²) in [5.74, 6) is -1.51. The van der Waals surface area contributed by atoms with Crippen LogP contribution in [0, 0.1) is 0 Å². The number of phenolic OH excluding ortho intramolecular Hbond substituents is 1. The van der Waals surface area contributed by atoms with Gasteiger partial charge in [0.05, 0.1) is 21.8 Å². The maximum Gasteiger partial charge on any atom is 0.338 e. The fourth-order valence-electron chi connectivity index (χ4n) is 2.41. The lowest BCUT2D eigenvalue weighted by Crippen LogP contribution is -2.24. The number of carbonyl (C=O) groups excluding carboxylic acids is 2. The van der Waals surface area contributed by atoms with E-state index in [1.54, 1.807) is 25.1 Å². The molecule has 0 bridgehead atoms. The quantitative estimate of drug-likeness (QED) is 0.651. The summed E-state index contributed by atoms with van der Waals surface area (Å²) in [4.78, 5) is 26.0. The van der Waals surface area contributed by atoms with Crippen LogP contribution in [0.2, 0.25) is 0 Å². The number of amides is 1. The van der Waals surface area contributed by atoms with E-state index >= 15 is 0 Å². The van der Waals surface area contributed by atoms with Gasteiger partial charge in [0.15, 0.2) is 6.61 Å². The Hall–Kier alpha value is -3.11. The molecule has 9 nitrogen and oxygen atoms in total. The maximum absolute atomic E-state index is 12.4. The molecule has 0 unspecified atom stereocenters. The first-order valence-corrected chi connectivity index (χ1v) is 9.96. The van der Waals surface area contributed by atoms with Gasteiger partial charge in [-0.2, -0.15) is 0 Å². The molecule has 2 aromatic rings. The number of phenols is 1. The van der Waals surface area contributed by atoms with Crippen LogP contribution in [0.4, 0.5) is 11.4 Å². The highest BCUT2D eigenvalue weighted by Gasteiger charge is 2.20. The highest BCUT2D eigenvalue weighted by atomic mass is 32.2. The van der Waals surface area contributed by atoms with E-state index in [-0.39, 0.29) is 21.9 Å².